The van der Waals surface area contributed by atoms with Crippen LogP contribution in [0, 0.1) is 0 Å². The molecule has 6 nitrogen and oxygen atoms in total. The number of halogens is 1. The van der Waals surface area contributed by atoms with Crippen LogP contribution in [0.3, 0.4) is 0 Å². The van der Waals surface area contributed by atoms with Gasteiger partial charge in [-0.25, -0.2) is 4.98 Å². The number of hydrogen-bond donors (Lipinski definition) is 2. The molecule has 2 heterocycles. The first-order valence-electron chi connectivity index (χ1n) is 8.47. The molecule has 1 atom stereocenters. The van der Waals surface area contributed by atoms with E-state index < -0.39 is 0 Å². The van der Waals surface area contributed by atoms with Gasteiger partial charge in [0.2, 0.25) is 0 Å². The van der Waals surface area contributed by atoms with Crippen LogP contribution in [-0.2, 0) is 13.0 Å². The van der Waals surface area contributed by atoms with E-state index in [2.05, 4.69) is 38.8 Å². The van der Waals surface area contributed by atoms with Crippen molar-refractivity contribution in [3.05, 3.63) is 53.7 Å². The summed E-state index contributed by atoms with van der Waals surface area (Å²) in [5, 5.41) is 6.68. The summed E-state index contributed by atoms with van der Waals surface area (Å²) in [6, 6.07) is 12.3. The number of pyridine rings is 1. The van der Waals surface area contributed by atoms with Crippen molar-refractivity contribution in [2.24, 2.45) is 4.99 Å². The molecule has 1 aliphatic heterocycles. The number of aromatic nitrogens is 1. The molecule has 1 unspecified atom stereocenters. The Bertz CT molecular complexity index is 725. The molecule has 0 fully saturated rings. The van der Waals surface area contributed by atoms with Gasteiger partial charge in [-0.15, -0.1) is 24.0 Å². The van der Waals surface area contributed by atoms with Crippen molar-refractivity contribution in [3.63, 3.8) is 0 Å². The van der Waals surface area contributed by atoms with Crippen LogP contribution in [0.1, 0.15) is 11.1 Å². The molecule has 0 saturated heterocycles. The van der Waals surface area contributed by atoms with Gasteiger partial charge < -0.3 is 20.3 Å². The highest BCUT2D eigenvalue weighted by Crippen LogP contribution is 2.27. The number of aliphatic imine (C=N–C) groups is 1. The number of rotatable bonds is 5. The van der Waals surface area contributed by atoms with Gasteiger partial charge in [-0.2, -0.15) is 0 Å². The van der Waals surface area contributed by atoms with Crippen LogP contribution in [0.5, 0.6) is 5.75 Å². The quantitative estimate of drug-likeness (QED) is 0.402. The molecule has 2 aromatic rings. The summed E-state index contributed by atoms with van der Waals surface area (Å²) in [6.45, 7) is 1.41. The number of ether oxygens (including phenoxy) is 1. The topological polar surface area (TPSA) is 61.8 Å². The lowest BCUT2D eigenvalue weighted by Gasteiger charge is -2.16. The summed E-state index contributed by atoms with van der Waals surface area (Å²) in [5.41, 5.74) is 2.43. The number of para-hydroxylation sites is 1. The lowest BCUT2D eigenvalue weighted by Crippen LogP contribution is -2.41. The van der Waals surface area contributed by atoms with Gasteiger partial charge in [0.1, 0.15) is 17.7 Å². The van der Waals surface area contributed by atoms with Gasteiger partial charge in [0.05, 0.1) is 6.54 Å². The Labute approximate surface area is 172 Å². The van der Waals surface area contributed by atoms with Crippen molar-refractivity contribution >= 4 is 35.8 Å². The number of benzene rings is 1. The second-order valence-corrected chi connectivity index (χ2v) is 6.28. The first-order chi connectivity index (χ1) is 12.2. The van der Waals surface area contributed by atoms with Gasteiger partial charge in [0.25, 0.3) is 0 Å². The molecule has 2 N–H and O–H groups in total. The normalized spacial score (nSPS) is 15.5. The minimum atomic E-state index is 0. The van der Waals surface area contributed by atoms with E-state index in [0.717, 1.165) is 29.5 Å². The van der Waals surface area contributed by atoms with Gasteiger partial charge in [0, 0.05) is 40.3 Å². The average Bonchev–Trinajstić information content (AvgIpc) is 3.05. The van der Waals surface area contributed by atoms with Gasteiger partial charge in [0.15, 0.2) is 5.96 Å². The first-order valence-corrected chi connectivity index (χ1v) is 8.47. The molecule has 26 heavy (non-hydrogen) atoms. The fourth-order valence-electron chi connectivity index (χ4n) is 2.80. The van der Waals surface area contributed by atoms with Crippen LogP contribution in [0.2, 0.25) is 0 Å². The lowest BCUT2D eigenvalue weighted by molar-refractivity contribution is 0.235. The standard InChI is InChI=1S/C19H25N5O.HI/c1-20-19(22-12-14-8-9-21-18(10-14)24(2)3)23-13-16-11-15-6-4-5-7-17(15)25-16;/h4-10,16H,11-13H2,1-3H3,(H2,20,22,23);1H. The van der Waals surface area contributed by atoms with Crippen LogP contribution in [-0.4, -0.2) is 44.7 Å². The Morgan fingerprint density at radius 2 is 2.08 bits per heavy atom. The molecule has 0 aliphatic carbocycles. The maximum atomic E-state index is 5.95. The van der Waals surface area contributed by atoms with Crippen LogP contribution < -0.4 is 20.3 Å². The maximum Gasteiger partial charge on any atom is 0.191 e. The molecule has 7 heteroatoms. The van der Waals surface area contributed by atoms with Gasteiger partial charge in [-0.1, -0.05) is 18.2 Å². The van der Waals surface area contributed by atoms with E-state index in [0.29, 0.717) is 13.1 Å². The zero-order valence-corrected chi connectivity index (χ0v) is 17.7. The van der Waals surface area contributed by atoms with Crippen LogP contribution in [0.4, 0.5) is 5.82 Å². The largest absolute Gasteiger partial charge is 0.488 e. The van der Waals surface area contributed by atoms with E-state index in [1.165, 1.54) is 5.56 Å². The van der Waals surface area contributed by atoms with Gasteiger partial charge in [-0.3, -0.25) is 4.99 Å². The molecule has 0 spiro atoms. The van der Waals surface area contributed by atoms with Gasteiger partial charge >= 0.3 is 0 Å². The molecule has 0 amide bonds. The Morgan fingerprint density at radius 3 is 2.81 bits per heavy atom. The predicted molar refractivity (Wildman–Crippen MR) is 117 cm³/mol. The molecular formula is C19H26IN5O. The van der Waals surface area contributed by atoms with E-state index in [-0.39, 0.29) is 30.1 Å². The monoisotopic (exact) mass is 467 g/mol. The van der Waals surface area contributed by atoms with Crippen molar-refractivity contribution < 1.29 is 4.74 Å². The number of nitrogens with zero attached hydrogens (tertiary/aromatic N) is 3. The maximum absolute atomic E-state index is 5.95. The summed E-state index contributed by atoms with van der Waals surface area (Å²) in [5.74, 6) is 2.70. The molecule has 0 bridgehead atoms. The Kier molecular flexibility index (Phi) is 7.50. The summed E-state index contributed by atoms with van der Waals surface area (Å²) < 4.78 is 5.95. The second-order valence-electron chi connectivity index (χ2n) is 6.28. The first kappa shape index (κ1) is 20.3. The molecule has 140 valence electrons. The lowest BCUT2D eigenvalue weighted by atomic mass is 10.1. The SMILES string of the molecule is CN=C(NCc1ccnc(N(C)C)c1)NCC1Cc2ccccc2O1.I. The molecule has 0 radical (unpaired) electrons. The van der Waals surface area contributed by atoms with Crippen molar-refractivity contribution in [2.45, 2.75) is 19.1 Å². The Morgan fingerprint density at radius 1 is 1.27 bits per heavy atom. The smallest absolute Gasteiger partial charge is 0.191 e. The minimum absolute atomic E-state index is 0. The summed E-state index contributed by atoms with van der Waals surface area (Å²) >= 11 is 0. The number of nitrogens with one attached hydrogen (secondary N) is 2. The highest BCUT2D eigenvalue weighted by atomic mass is 127. The van der Waals surface area contributed by atoms with Crippen molar-refractivity contribution in [3.8, 4) is 5.75 Å². The Balaban J connectivity index is 0.00000243. The molecule has 3 rings (SSSR count). The summed E-state index contributed by atoms with van der Waals surface area (Å²) in [4.78, 5) is 10.6. The van der Waals surface area contributed by atoms with Crippen LogP contribution >= 0.6 is 24.0 Å². The third-order valence-corrected chi connectivity index (χ3v) is 4.16. The predicted octanol–water partition coefficient (Wildman–Crippen LogP) is 2.43. The van der Waals surface area contributed by atoms with Crippen molar-refractivity contribution in [1.29, 1.82) is 0 Å². The Hall–Kier alpha value is -2.03. The third kappa shape index (κ3) is 5.23. The minimum Gasteiger partial charge on any atom is -0.488 e. The zero-order chi connectivity index (χ0) is 17.6. The molecule has 1 aromatic carbocycles. The van der Waals surface area contributed by atoms with Crippen molar-refractivity contribution in [1.82, 2.24) is 15.6 Å². The zero-order valence-electron chi connectivity index (χ0n) is 15.4. The van der Waals surface area contributed by atoms with E-state index >= 15 is 0 Å². The summed E-state index contributed by atoms with van der Waals surface area (Å²) in [7, 11) is 5.75. The number of anilines is 1. The van der Waals surface area contributed by atoms with E-state index in [1.807, 2.05) is 43.4 Å². The van der Waals surface area contributed by atoms with E-state index in [1.54, 1.807) is 7.05 Å². The van der Waals surface area contributed by atoms with Crippen LogP contribution in [0.15, 0.2) is 47.6 Å². The second kappa shape index (κ2) is 9.61. The number of guanidine groups is 1. The molecular weight excluding hydrogens is 441 g/mol. The van der Waals surface area contributed by atoms with E-state index in [4.69, 9.17) is 4.74 Å². The van der Waals surface area contributed by atoms with Crippen LogP contribution in [0.25, 0.3) is 0 Å². The fraction of sp³-hybridized carbons (Fsp3) is 0.368. The third-order valence-electron chi connectivity index (χ3n) is 4.16. The van der Waals surface area contributed by atoms with E-state index in [9.17, 15) is 0 Å². The van der Waals surface area contributed by atoms with Gasteiger partial charge in [-0.05, 0) is 29.3 Å². The molecule has 1 aromatic heterocycles. The van der Waals surface area contributed by atoms with Crippen molar-refractivity contribution in [2.75, 3.05) is 32.6 Å². The molecule has 0 saturated carbocycles. The number of fused-ring (bicyclic) bond motifs is 1. The highest BCUT2D eigenvalue weighted by Gasteiger charge is 2.22. The highest BCUT2D eigenvalue weighted by molar-refractivity contribution is 14.0. The fourth-order valence-corrected chi connectivity index (χ4v) is 2.80. The average molecular weight is 467 g/mol. The summed E-state index contributed by atoms with van der Waals surface area (Å²) in [6.07, 6.45) is 2.89. The number of hydrogen-bond acceptors (Lipinski definition) is 4. The molecule has 1 aliphatic rings.